The number of aromatic nitrogens is 2. The molecule has 0 saturated heterocycles. The highest BCUT2D eigenvalue weighted by Gasteiger charge is 2.12. The van der Waals surface area contributed by atoms with Gasteiger partial charge in [0.15, 0.2) is 11.6 Å². The zero-order chi connectivity index (χ0) is 11.7. The van der Waals surface area contributed by atoms with Crippen LogP contribution < -0.4 is 0 Å². The molecule has 2 rings (SSSR count). The number of rotatable bonds is 1. The summed E-state index contributed by atoms with van der Waals surface area (Å²) in [7, 11) is 0. The third-order valence-corrected chi connectivity index (χ3v) is 2.37. The lowest BCUT2D eigenvalue weighted by Gasteiger charge is -2.05. The molecule has 82 valence electrons. The van der Waals surface area contributed by atoms with Crippen LogP contribution in [-0.4, -0.2) is 9.97 Å². The van der Waals surface area contributed by atoms with Gasteiger partial charge in [-0.2, -0.15) is 0 Å². The molecule has 0 fully saturated rings. The standard InChI is InChI=1S/C12H10F2N2/c1-7-3-4-10(12(14)11(7)13)9-5-15-8(2)16-6-9/h3-6H,1-2H3. The Bertz CT molecular complexity index is 521. The summed E-state index contributed by atoms with van der Waals surface area (Å²) in [5, 5.41) is 0. The van der Waals surface area contributed by atoms with Crippen molar-refractivity contribution in [3.63, 3.8) is 0 Å². The van der Waals surface area contributed by atoms with E-state index in [1.165, 1.54) is 31.5 Å². The third-order valence-electron chi connectivity index (χ3n) is 2.37. The lowest BCUT2D eigenvalue weighted by molar-refractivity contribution is 0.505. The lowest BCUT2D eigenvalue weighted by Crippen LogP contribution is -1.95. The Labute approximate surface area is 92.0 Å². The molecule has 1 aromatic carbocycles. The molecule has 0 radical (unpaired) electrons. The Morgan fingerprint density at radius 2 is 1.56 bits per heavy atom. The van der Waals surface area contributed by atoms with Crippen LogP contribution in [0.4, 0.5) is 8.78 Å². The maximum absolute atomic E-state index is 13.6. The molecule has 0 spiro atoms. The first-order chi connectivity index (χ1) is 7.59. The minimum absolute atomic E-state index is 0.183. The second kappa shape index (κ2) is 3.96. The summed E-state index contributed by atoms with van der Waals surface area (Å²) < 4.78 is 27.0. The highest BCUT2D eigenvalue weighted by atomic mass is 19.2. The first-order valence-corrected chi connectivity index (χ1v) is 4.83. The summed E-state index contributed by atoms with van der Waals surface area (Å²) in [4.78, 5) is 7.90. The Kier molecular flexibility index (Phi) is 2.64. The Hall–Kier alpha value is -1.84. The van der Waals surface area contributed by atoms with E-state index in [0.717, 1.165) is 0 Å². The van der Waals surface area contributed by atoms with Crippen LogP contribution in [0.2, 0.25) is 0 Å². The van der Waals surface area contributed by atoms with Crippen molar-refractivity contribution in [3.05, 3.63) is 47.5 Å². The van der Waals surface area contributed by atoms with Gasteiger partial charge in [0.1, 0.15) is 5.82 Å². The van der Waals surface area contributed by atoms with Crippen molar-refractivity contribution >= 4 is 0 Å². The van der Waals surface area contributed by atoms with Crippen LogP contribution in [0.15, 0.2) is 24.5 Å². The van der Waals surface area contributed by atoms with E-state index in [1.54, 1.807) is 6.92 Å². The fourth-order valence-electron chi connectivity index (χ4n) is 1.40. The average molecular weight is 220 g/mol. The number of benzene rings is 1. The van der Waals surface area contributed by atoms with Crippen molar-refractivity contribution in [2.75, 3.05) is 0 Å². The number of aryl methyl sites for hydroxylation is 2. The van der Waals surface area contributed by atoms with Gasteiger partial charge in [-0.15, -0.1) is 0 Å². The summed E-state index contributed by atoms with van der Waals surface area (Å²) in [6, 6.07) is 3.06. The third kappa shape index (κ3) is 1.78. The number of nitrogens with zero attached hydrogens (tertiary/aromatic N) is 2. The lowest BCUT2D eigenvalue weighted by atomic mass is 10.1. The first kappa shape index (κ1) is 10.7. The first-order valence-electron chi connectivity index (χ1n) is 4.83. The highest BCUT2D eigenvalue weighted by molar-refractivity contribution is 5.62. The zero-order valence-electron chi connectivity index (χ0n) is 8.96. The summed E-state index contributed by atoms with van der Waals surface area (Å²) >= 11 is 0. The molecule has 2 nitrogen and oxygen atoms in total. The van der Waals surface area contributed by atoms with Crippen LogP contribution in [0, 0.1) is 25.5 Å². The molecule has 0 N–H and O–H groups in total. The smallest absolute Gasteiger partial charge is 0.167 e. The van der Waals surface area contributed by atoms with E-state index >= 15 is 0 Å². The average Bonchev–Trinajstić information content (AvgIpc) is 2.28. The van der Waals surface area contributed by atoms with Gasteiger partial charge in [-0.25, -0.2) is 18.7 Å². The van der Waals surface area contributed by atoms with E-state index in [0.29, 0.717) is 11.4 Å². The van der Waals surface area contributed by atoms with Crippen molar-refractivity contribution in [3.8, 4) is 11.1 Å². The molecule has 0 bridgehead atoms. The molecule has 0 saturated carbocycles. The Morgan fingerprint density at radius 1 is 0.938 bits per heavy atom. The summed E-state index contributed by atoms with van der Waals surface area (Å²) in [6.07, 6.45) is 2.96. The predicted molar refractivity (Wildman–Crippen MR) is 56.9 cm³/mol. The van der Waals surface area contributed by atoms with Gasteiger partial charge in [-0.05, 0) is 19.4 Å². The fraction of sp³-hybridized carbons (Fsp3) is 0.167. The van der Waals surface area contributed by atoms with Gasteiger partial charge in [0.05, 0.1) is 0 Å². The van der Waals surface area contributed by atoms with Crippen LogP contribution in [0.1, 0.15) is 11.4 Å². The molecule has 0 unspecified atom stereocenters. The van der Waals surface area contributed by atoms with Crippen molar-refractivity contribution in [1.82, 2.24) is 9.97 Å². The maximum Gasteiger partial charge on any atom is 0.167 e. The molecule has 1 heterocycles. The van der Waals surface area contributed by atoms with Crippen LogP contribution in [-0.2, 0) is 0 Å². The topological polar surface area (TPSA) is 25.8 Å². The number of halogens is 2. The molecular weight excluding hydrogens is 210 g/mol. The van der Waals surface area contributed by atoms with Gasteiger partial charge in [0.25, 0.3) is 0 Å². The second-order valence-corrected chi connectivity index (χ2v) is 3.58. The zero-order valence-corrected chi connectivity index (χ0v) is 8.96. The molecule has 0 amide bonds. The van der Waals surface area contributed by atoms with E-state index in [1.807, 2.05) is 0 Å². The predicted octanol–water partition coefficient (Wildman–Crippen LogP) is 3.04. The molecule has 2 aromatic rings. The van der Waals surface area contributed by atoms with E-state index in [-0.39, 0.29) is 11.1 Å². The van der Waals surface area contributed by atoms with Crippen molar-refractivity contribution < 1.29 is 8.78 Å². The Morgan fingerprint density at radius 3 is 2.19 bits per heavy atom. The molecule has 4 heteroatoms. The second-order valence-electron chi connectivity index (χ2n) is 3.58. The molecule has 0 aliphatic rings. The SMILES string of the molecule is Cc1ncc(-c2ccc(C)c(F)c2F)cn1. The summed E-state index contributed by atoms with van der Waals surface area (Å²) in [5.74, 6) is -1.08. The summed E-state index contributed by atoms with van der Waals surface area (Å²) in [6.45, 7) is 3.25. The molecule has 16 heavy (non-hydrogen) atoms. The van der Waals surface area contributed by atoms with E-state index in [2.05, 4.69) is 9.97 Å². The molecule has 1 aromatic heterocycles. The maximum atomic E-state index is 13.6. The van der Waals surface area contributed by atoms with E-state index in [9.17, 15) is 8.78 Å². The van der Waals surface area contributed by atoms with Gasteiger partial charge in [0.2, 0.25) is 0 Å². The van der Waals surface area contributed by atoms with Gasteiger partial charge in [-0.3, -0.25) is 0 Å². The quantitative estimate of drug-likeness (QED) is 0.738. The number of hydrogen-bond acceptors (Lipinski definition) is 2. The van der Waals surface area contributed by atoms with Crippen LogP contribution >= 0.6 is 0 Å². The Balaban J connectivity index is 2.57. The van der Waals surface area contributed by atoms with E-state index in [4.69, 9.17) is 0 Å². The fourth-order valence-corrected chi connectivity index (χ4v) is 1.40. The monoisotopic (exact) mass is 220 g/mol. The minimum Gasteiger partial charge on any atom is -0.241 e. The van der Waals surface area contributed by atoms with Gasteiger partial charge in [-0.1, -0.05) is 12.1 Å². The largest absolute Gasteiger partial charge is 0.241 e. The molecular formula is C12H10F2N2. The van der Waals surface area contributed by atoms with Crippen LogP contribution in [0.5, 0.6) is 0 Å². The molecule has 0 aliphatic carbocycles. The van der Waals surface area contributed by atoms with E-state index < -0.39 is 11.6 Å². The van der Waals surface area contributed by atoms with Crippen LogP contribution in [0.25, 0.3) is 11.1 Å². The van der Waals surface area contributed by atoms with Crippen molar-refractivity contribution in [2.24, 2.45) is 0 Å². The highest BCUT2D eigenvalue weighted by Crippen LogP contribution is 2.24. The summed E-state index contributed by atoms with van der Waals surface area (Å²) in [5.41, 5.74) is 0.944. The van der Waals surface area contributed by atoms with Gasteiger partial charge >= 0.3 is 0 Å². The molecule has 0 aliphatic heterocycles. The van der Waals surface area contributed by atoms with Crippen molar-refractivity contribution in [2.45, 2.75) is 13.8 Å². The van der Waals surface area contributed by atoms with Crippen LogP contribution in [0.3, 0.4) is 0 Å². The minimum atomic E-state index is -0.854. The van der Waals surface area contributed by atoms with Gasteiger partial charge in [0, 0.05) is 23.5 Å². The van der Waals surface area contributed by atoms with Crippen molar-refractivity contribution in [1.29, 1.82) is 0 Å². The molecule has 0 atom stereocenters. The number of hydrogen-bond donors (Lipinski definition) is 0. The normalized spacial score (nSPS) is 10.5. The van der Waals surface area contributed by atoms with Gasteiger partial charge < -0.3 is 0 Å².